The molecule has 118 valence electrons. The second kappa shape index (κ2) is 8.06. The molecule has 1 atom stereocenters. The van der Waals surface area contributed by atoms with Crippen molar-refractivity contribution < 1.29 is 4.74 Å². The largest absolute Gasteiger partial charge is 0.370 e. The molecule has 3 nitrogen and oxygen atoms in total. The fraction of sp³-hybridized carbons (Fsp3) is 0.750. The fourth-order valence-corrected chi connectivity index (χ4v) is 4.05. The van der Waals surface area contributed by atoms with E-state index < -0.39 is 0 Å². The van der Waals surface area contributed by atoms with Gasteiger partial charge in [0.15, 0.2) is 5.82 Å². The Morgan fingerprint density at radius 3 is 2.48 bits per heavy atom. The van der Waals surface area contributed by atoms with Crippen LogP contribution in [0.5, 0.6) is 0 Å². The van der Waals surface area contributed by atoms with E-state index in [9.17, 15) is 0 Å². The molecule has 1 aliphatic carbocycles. The van der Waals surface area contributed by atoms with Crippen molar-refractivity contribution >= 4 is 34.2 Å². The van der Waals surface area contributed by atoms with Crippen molar-refractivity contribution in [2.24, 2.45) is 5.92 Å². The van der Waals surface area contributed by atoms with Crippen molar-refractivity contribution in [3.63, 3.8) is 0 Å². The Bertz CT molecular complexity index is 476. The predicted molar refractivity (Wildman–Crippen MR) is 94.8 cm³/mol. The maximum absolute atomic E-state index is 6.33. The lowest BCUT2D eigenvalue weighted by Gasteiger charge is -2.29. The van der Waals surface area contributed by atoms with Crippen LogP contribution >= 0.6 is 34.2 Å². The average molecular weight is 423 g/mol. The molecule has 1 saturated carbocycles. The van der Waals surface area contributed by atoms with E-state index in [0.717, 1.165) is 15.1 Å². The minimum Gasteiger partial charge on any atom is -0.370 e. The molecule has 21 heavy (non-hydrogen) atoms. The lowest BCUT2D eigenvalue weighted by atomic mass is 9.85. The molecule has 1 aliphatic rings. The van der Waals surface area contributed by atoms with Crippen LogP contribution in [0, 0.1) is 9.49 Å². The second-order valence-corrected chi connectivity index (χ2v) is 7.44. The van der Waals surface area contributed by atoms with Crippen LogP contribution in [0.1, 0.15) is 76.4 Å². The highest BCUT2D eigenvalue weighted by Gasteiger charge is 2.29. The zero-order valence-corrected chi connectivity index (χ0v) is 15.9. The third kappa shape index (κ3) is 4.29. The van der Waals surface area contributed by atoms with E-state index in [1.54, 1.807) is 0 Å². The van der Waals surface area contributed by atoms with Gasteiger partial charge in [-0.3, -0.25) is 0 Å². The van der Waals surface area contributed by atoms with Gasteiger partial charge in [-0.15, -0.1) is 0 Å². The van der Waals surface area contributed by atoms with E-state index in [2.05, 4.69) is 41.4 Å². The average Bonchev–Trinajstić information content (AvgIpc) is 2.48. The van der Waals surface area contributed by atoms with Gasteiger partial charge in [0, 0.05) is 6.61 Å². The molecule has 0 amide bonds. The molecule has 1 aromatic heterocycles. The number of ether oxygens (including phenoxy) is 1. The monoisotopic (exact) mass is 422 g/mol. The maximum atomic E-state index is 6.33. The van der Waals surface area contributed by atoms with Gasteiger partial charge in [0.2, 0.25) is 0 Å². The quantitative estimate of drug-likeness (QED) is 0.463. The number of aromatic nitrogens is 2. The highest BCUT2D eigenvalue weighted by Crippen LogP contribution is 2.37. The summed E-state index contributed by atoms with van der Waals surface area (Å²) < 4.78 is 6.98. The SMILES string of the molecule is CCOC(c1nc(Cl)c(I)c(C(C)C)n1)C1CCCCC1. The van der Waals surface area contributed by atoms with Crippen LogP contribution < -0.4 is 0 Å². The van der Waals surface area contributed by atoms with E-state index >= 15 is 0 Å². The standard InChI is InChI=1S/C16H24ClIN2O/c1-4-21-14(11-8-6-5-7-9-11)16-19-13(10(2)3)12(18)15(17)20-16/h10-11,14H,4-9H2,1-3H3. The van der Waals surface area contributed by atoms with Crippen LogP contribution in [0.15, 0.2) is 0 Å². The molecule has 0 radical (unpaired) electrons. The predicted octanol–water partition coefficient (Wildman–Crippen LogP) is 5.52. The van der Waals surface area contributed by atoms with Crippen molar-refractivity contribution in [3.05, 3.63) is 20.2 Å². The van der Waals surface area contributed by atoms with Crippen molar-refractivity contribution in [1.29, 1.82) is 0 Å². The smallest absolute Gasteiger partial charge is 0.159 e. The van der Waals surface area contributed by atoms with Crippen LogP contribution in [0.4, 0.5) is 0 Å². The molecular formula is C16H24ClIN2O. The molecule has 1 fully saturated rings. The molecule has 1 unspecified atom stereocenters. The molecular weight excluding hydrogens is 399 g/mol. The van der Waals surface area contributed by atoms with Crippen molar-refractivity contribution in [2.75, 3.05) is 6.61 Å². The second-order valence-electron chi connectivity index (χ2n) is 6.00. The molecule has 1 aromatic rings. The third-order valence-corrected chi connectivity index (χ3v) is 5.74. The summed E-state index contributed by atoms with van der Waals surface area (Å²) in [5.41, 5.74) is 1.03. The Morgan fingerprint density at radius 2 is 1.90 bits per heavy atom. The zero-order chi connectivity index (χ0) is 15.4. The topological polar surface area (TPSA) is 35.0 Å². The van der Waals surface area contributed by atoms with Gasteiger partial charge in [0.1, 0.15) is 11.3 Å². The first-order chi connectivity index (χ1) is 10.0. The molecule has 5 heteroatoms. The van der Waals surface area contributed by atoms with Crippen LogP contribution in [0.2, 0.25) is 5.15 Å². The molecule has 0 spiro atoms. The molecule has 2 rings (SSSR count). The van der Waals surface area contributed by atoms with Gasteiger partial charge in [-0.1, -0.05) is 44.7 Å². The van der Waals surface area contributed by atoms with Crippen LogP contribution in [0.3, 0.4) is 0 Å². The summed E-state index contributed by atoms with van der Waals surface area (Å²) in [5, 5.41) is 0.560. The van der Waals surface area contributed by atoms with Gasteiger partial charge in [-0.2, -0.15) is 0 Å². The van der Waals surface area contributed by atoms with Crippen molar-refractivity contribution in [1.82, 2.24) is 9.97 Å². The minimum absolute atomic E-state index is 0.0118. The summed E-state index contributed by atoms with van der Waals surface area (Å²) in [6, 6.07) is 0. The number of rotatable bonds is 5. The summed E-state index contributed by atoms with van der Waals surface area (Å²) in [6.45, 7) is 7.00. The van der Waals surface area contributed by atoms with E-state index in [0.29, 0.717) is 23.6 Å². The Balaban J connectivity index is 2.35. The Kier molecular flexibility index (Phi) is 6.69. The highest BCUT2D eigenvalue weighted by molar-refractivity contribution is 14.1. The van der Waals surface area contributed by atoms with E-state index in [1.165, 1.54) is 32.1 Å². The van der Waals surface area contributed by atoms with Crippen LogP contribution in [0.25, 0.3) is 0 Å². The Hall–Kier alpha value is 0.0600. The molecule has 0 N–H and O–H groups in total. The van der Waals surface area contributed by atoms with Gasteiger partial charge < -0.3 is 4.74 Å². The summed E-state index contributed by atoms with van der Waals surface area (Å²) in [4.78, 5) is 9.33. The Labute approximate surface area is 146 Å². The number of hydrogen-bond acceptors (Lipinski definition) is 3. The van der Waals surface area contributed by atoms with Gasteiger partial charge in [-0.05, 0) is 54.2 Å². The Morgan fingerprint density at radius 1 is 1.24 bits per heavy atom. The number of halogens is 2. The minimum atomic E-state index is -0.0118. The lowest BCUT2D eigenvalue weighted by Crippen LogP contribution is -2.22. The van der Waals surface area contributed by atoms with E-state index in [-0.39, 0.29) is 6.10 Å². The normalized spacial score (nSPS) is 18.2. The van der Waals surface area contributed by atoms with Crippen molar-refractivity contribution in [3.8, 4) is 0 Å². The van der Waals surface area contributed by atoms with E-state index in [1.807, 2.05) is 6.92 Å². The first-order valence-corrected chi connectivity index (χ1v) is 9.34. The van der Waals surface area contributed by atoms with Crippen LogP contribution in [-0.2, 0) is 4.74 Å². The molecule has 0 aromatic carbocycles. The first kappa shape index (κ1) is 17.4. The first-order valence-electron chi connectivity index (χ1n) is 7.89. The fourth-order valence-electron chi connectivity index (χ4n) is 3.00. The van der Waals surface area contributed by atoms with Crippen molar-refractivity contribution in [2.45, 2.75) is 64.9 Å². The van der Waals surface area contributed by atoms with Gasteiger partial charge >= 0.3 is 0 Å². The molecule has 1 heterocycles. The lowest BCUT2D eigenvalue weighted by molar-refractivity contribution is -0.000374. The maximum Gasteiger partial charge on any atom is 0.159 e. The number of nitrogens with zero attached hydrogens (tertiary/aromatic N) is 2. The van der Waals surface area contributed by atoms with Crippen LogP contribution in [-0.4, -0.2) is 16.6 Å². The summed E-state index contributed by atoms with van der Waals surface area (Å²) in [6.07, 6.45) is 6.29. The summed E-state index contributed by atoms with van der Waals surface area (Å²) in [5.74, 6) is 1.64. The summed E-state index contributed by atoms with van der Waals surface area (Å²) in [7, 11) is 0. The third-order valence-electron chi connectivity index (χ3n) is 4.08. The van der Waals surface area contributed by atoms with Gasteiger partial charge in [0.25, 0.3) is 0 Å². The molecule has 0 saturated heterocycles. The molecule has 0 aliphatic heterocycles. The number of hydrogen-bond donors (Lipinski definition) is 0. The zero-order valence-electron chi connectivity index (χ0n) is 13.0. The van der Waals surface area contributed by atoms with Gasteiger partial charge in [-0.25, -0.2) is 9.97 Å². The highest BCUT2D eigenvalue weighted by atomic mass is 127. The van der Waals surface area contributed by atoms with Gasteiger partial charge in [0.05, 0.1) is 9.26 Å². The summed E-state index contributed by atoms with van der Waals surface area (Å²) >= 11 is 8.57. The van der Waals surface area contributed by atoms with E-state index in [4.69, 9.17) is 21.3 Å². The molecule has 0 bridgehead atoms.